The Kier molecular flexibility index (Phi) is 123. The minimum atomic E-state index is -0.335. The van der Waals surface area contributed by atoms with E-state index in [1.807, 2.05) is 18.2 Å². The zero-order valence-corrected chi connectivity index (χ0v) is 89.9. The molecule has 0 nitrogen and oxygen atoms in total. The molecule has 0 saturated heterocycles. The van der Waals surface area contributed by atoms with Crippen molar-refractivity contribution in [2.24, 2.45) is 0 Å². The zero-order chi connectivity index (χ0) is 57.9. The molecule has 0 aliphatic rings. The number of benzene rings is 5. The molecule has 0 fully saturated rings. The van der Waals surface area contributed by atoms with Crippen LogP contribution < -0.4 is 17.6 Å². The summed E-state index contributed by atoms with van der Waals surface area (Å²) in [6.45, 7) is 0. The fourth-order valence-electron chi connectivity index (χ4n) is 2.74. The van der Waals surface area contributed by atoms with Crippen molar-refractivity contribution in [3.05, 3.63) is 152 Å². The molecular formula is C59H112Ge10Sb6. The Balaban J connectivity index is -0.0000000685. The zero-order valence-electron chi connectivity index (χ0n) is 53.6. The number of hydrogen-bond acceptors (Lipinski definition) is 0. The van der Waals surface area contributed by atoms with Gasteiger partial charge in [0.25, 0.3) is 0 Å². The normalized spacial score (nSPS) is 8.79. The van der Waals surface area contributed by atoms with Gasteiger partial charge < -0.3 is 0 Å². The molecule has 0 atom stereocenters. The predicted octanol–water partition coefficient (Wildman–Crippen LogP) is 15.1. The third-order valence-electron chi connectivity index (χ3n) is 4.30. The van der Waals surface area contributed by atoms with Gasteiger partial charge in [-0.25, -0.2) is 0 Å². The van der Waals surface area contributed by atoms with Gasteiger partial charge >= 0.3 is 547 Å². The van der Waals surface area contributed by atoms with Gasteiger partial charge in [0.1, 0.15) is 0 Å². The molecular weight excluding hydrogens is 2170 g/mol. The molecule has 0 aliphatic heterocycles. The molecule has 0 bridgehead atoms. The summed E-state index contributed by atoms with van der Waals surface area (Å²) in [6.07, 6.45) is 0. The molecule has 16 heteroatoms. The molecule has 5 aromatic rings. The summed E-state index contributed by atoms with van der Waals surface area (Å²) in [5.41, 5.74) is 0. The van der Waals surface area contributed by atoms with E-state index in [2.05, 4.69) is 300 Å². The quantitative estimate of drug-likeness (QED) is 0.157. The van der Waals surface area contributed by atoms with Crippen LogP contribution in [0.25, 0.3) is 0 Å². The predicted molar refractivity (Wildman–Crippen MR) is 393 cm³/mol. The van der Waals surface area contributed by atoms with Crippen molar-refractivity contribution in [1.82, 2.24) is 0 Å². The van der Waals surface area contributed by atoms with Crippen LogP contribution in [0.1, 0.15) is 0 Å². The van der Waals surface area contributed by atoms with Crippen LogP contribution in [-0.2, 0) is 0 Å². The van der Waals surface area contributed by atoms with Crippen molar-refractivity contribution >= 4 is 302 Å². The number of rotatable bonds is 4. The molecule has 0 amide bonds. The molecule has 0 N–H and O–H groups in total. The fourth-order valence-corrected chi connectivity index (χ4v) is 8.60. The van der Waals surface area contributed by atoms with E-state index in [1.165, 1.54) is 17.6 Å². The van der Waals surface area contributed by atoms with Gasteiger partial charge in [0.2, 0.25) is 0 Å². The molecule has 0 spiro atoms. The SMILES string of the molecule is [CH3][Ge]([CH3])[CH3].[CH3][Ge]([CH3])[CH3].[CH3][Ge]([CH3])[CH3].[CH3][Ge]([CH3])[CH3].[CH3][Ge]([CH3])[CH3].[CH3][Ge]([CH3])[CH3].[CH3][Ge]([CH3])[CH3].[CH3][Ge]([CH3])[CH3].[CH3][Ge]([CH3])[CH3].[CH3][Ge][CH3].[Sb].[Sb].[Sb].[Sb][c]1ccccc1.c1cc[c]([Sb][c]2ccccc2)cc1.c1cc[c]([Sb][c]2ccccc2)cc1. The Morgan fingerprint density at radius 1 is 0.240 bits per heavy atom. The Hall–Kier alpha value is 6.44. The van der Waals surface area contributed by atoms with Crippen LogP contribution in [0.3, 0.4) is 0 Å². The molecule has 418 valence electrons. The second kappa shape index (κ2) is 86.9. The Morgan fingerprint density at radius 2 is 0.333 bits per heavy atom. The van der Waals surface area contributed by atoms with Crippen LogP contribution in [0.2, 0.25) is 167 Å². The first-order valence-electron chi connectivity index (χ1n) is 25.2. The first kappa shape index (κ1) is 106. The fraction of sp³-hybridized carbons (Fsp3) is 0.492. The molecule has 24 radical (unpaired) electrons. The van der Waals surface area contributed by atoms with Gasteiger partial charge in [-0.1, -0.05) is 0 Å². The molecule has 5 aromatic carbocycles. The second-order valence-corrected chi connectivity index (χ2v) is 88.3. The van der Waals surface area contributed by atoms with Crippen molar-refractivity contribution in [3.63, 3.8) is 0 Å². The van der Waals surface area contributed by atoms with Crippen LogP contribution in [-0.4, -0.2) is 284 Å². The second-order valence-electron chi connectivity index (χ2n) is 20.9. The summed E-state index contributed by atoms with van der Waals surface area (Å²) in [7, 11) is 0. The Morgan fingerprint density at radius 3 is 0.413 bits per heavy atom. The monoisotopic (exact) mass is 2290 g/mol. The van der Waals surface area contributed by atoms with Gasteiger partial charge in [-0.15, -0.1) is 0 Å². The maximum absolute atomic E-state index is 2.33. The third kappa shape index (κ3) is 167. The minimum absolute atomic E-state index is 0. The van der Waals surface area contributed by atoms with Crippen LogP contribution in [0.4, 0.5) is 0 Å². The van der Waals surface area contributed by atoms with Crippen LogP contribution >= 0.6 is 0 Å². The molecule has 0 heterocycles. The van der Waals surface area contributed by atoms with Gasteiger partial charge in [0, 0.05) is 73.3 Å². The van der Waals surface area contributed by atoms with E-state index < -0.39 is 0 Å². The Bertz CT molecular complexity index is 1370. The number of hydrogen-bond donors (Lipinski definition) is 0. The standard InChI is InChI=1S/5C6H5.9C3H9Ge.C2H6Ge.6Sb/c5*1-2-4-6-5-3-1;9*1-4(2)3;1-3-2;;;;;;/h5*1-5H;9*1-3H3;1-2H3;;;;;;. The van der Waals surface area contributed by atoms with E-state index in [4.69, 9.17) is 0 Å². The van der Waals surface area contributed by atoms with E-state index in [9.17, 15) is 0 Å². The van der Waals surface area contributed by atoms with Crippen molar-refractivity contribution in [3.8, 4) is 0 Å². The molecule has 75 heavy (non-hydrogen) atoms. The average molecular weight is 2280 g/mol. The van der Waals surface area contributed by atoms with Crippen molar-refractivity contribution in [2.75, 3.05) is 0 Å². The van der Waals surface area contributed by atoms with Crippen molar-refractivity contribution in [2.45, 2.75) is 167 Å². The van der Waals surface area contributed by atoms with Gasteiger partial charge in [0.05, 0.1) is 0 Å². The Labute approximate surface area is 608 Å². The van der Waals surface area contributed by atoms with E-state index >= 15 is 0 Å². The first-order chi connectivity index (χ1) is 33.3. The third-order valence-corrected chi connectivity index (χ3v) is 11.5. The van der Waals surface area contributed by atoms with Gasteiger partial charge in [-0.2, -0.15) is 0 Å². The topological polar surface area (TPSA) is 0 Å². The summed E-state index contributed by atoms with van der Waals surface area (Å²) in [6, 6.07) is 53.4. The van der Waals surface area contributed by atoms with Gasteiger partial charge in [-0.3, -0.25) is 0 Å². The average Bonchev–Trinajstić information content (AvgIpc) is 3.22. The van der Waals surface area contributed by atoms with Crippen LogP contribution in [0, 0.1) is 0 Å². The molecule has 0 aromatic heterocycles. The van der Waals surface area contributed by atoms with Gasteiger partial charge in [0.15, 0.2) is 0 Å². The first-order valence-corrected chi connectivity index (χ1v) is 92.4. The summed E-state index contributed by atoms with van der Waals surface area (Å²) in [5.74, 6) is 67.5. The summed E-state index contributed by atoms with van der Waals surface area (Å²) < 4.78 is 7.45. The van der Waals surface area contributed by atoms with Crippen LogP contribution in [0.5, 0.6) is 0 Å². The van der Waals surface area contributed by atoms with E-state index in [1.54, 1.807) is 23.0 Å². The van der Waals surface area contributed by atoms with Crippen molar-refractivity contribution < 1.29 is 0 Å². The summed E-state index contributed by atoms with van der Waals surface area (Å²) in [4.78, 5) is 0. The molecule has 0 unspecified atom stereocenters. The molecule has 0 aliphatic carbocycles. The van der Waals surface area contributed by atoms with E-state index in [0.29, 0.717) is 15.4 Å². The maximum atomic E-state index is 2.33. The van der Waals surface area contributed by atoms with E-state index in [0.717, 1.165) is 0 Å². The van der Waals surface area contributed by atoms with Gasteiger partial charge in [-0.05, 0) is 0 Å². The summed E-state index contributed by atoms with van der Waals surface area (Å²) in [5, 5.41) is 0. The van der Waals surface area contributed by atoms with Crippen molar-refractivity contribution in [1.29, 1.82) is 0 Å². The molecule has 5 rings (SSSR count). The van der Waals surface area contributed by atoms with E-state index in [-0.39, 0.29) is 246 Å². The molecule has 0 saturated carbocycles. The summed E-state index contributed by atoms with van der Waals surface area (Å²) >= 11 is -1.41. The van der Waals surface area contributed by atoms with Crippen LogP contribution in [0.15, 0.2) is 152 Å².